The van der Waals surface area contributed by atoms with Crippen LogP contribution < -0.4 is 19.5 Å². The lowest BCUT2D eigenvalue weighted by molar-refractivity contribution is -0.132. The van der Waals surface area contributed by atoms with Crippen LogP contribution in [0.4, 0.5) is 5.69 Å². The molecule has 0 unspecified atom stereocenters. The number of piperidine rings is 1. The minimum Gasteiger partial charge on any atom is -0.494 e. The summed E-state index contributed by atoms with van der Waals surface area (Å²) in [4.78, 5) is 39.0. The Labute approximate surface area is 204 Å². The third-order valence-electron chi connectivity index (χ3n) is 6.82. The number of likely N-dealkylation sites (tertiary alicyclic amines) is 1. The summed E-state index contributed by atoms with van der Waals surface area (Å²) < 4.78 is 17.0. The van der Waals surface area contributed by atoms with E-state index >= 15 is 0 Å². The molecular formula is C27H30N2O6. The zero-order valence-corrected chi connectivity index (χ0v) is 19.7. The molecule has 0 spiro atoms. The molecule has 1 N–H and O–H groups in total. The van der Waals surface area contributed by atoms with Gasteiger partial charge in [-0.2, -0.15) is 0 Å². The number of hydrogen-bond donors (Lipinski definition) is 1. The van der Waals surface area contributed by atoms with Crippen LogP contribution in [0.2, 0.25) is 0 Å². The van der Waals surface area contributed by atoms with E-state index < -0.39 is 0 Å². The summed E-state index contributed by atoms with van der Waals surface area (Å²) in [6, 6.07) is 11.0. The maximum atomic E-state index is 13.0. The molecular weight excluding hydrogens is 448 g/mol. The number of rotatable bonds is 7. The molecule has 2 aromatic carbocycles. The quantitative estimate of drug-likeness (QED) is 0.483. The highest BCUT2D eigenvalue weighted by atomic mass is 16.6. The third-order valence-corrected chi connectivity index (χ3v) is 6.82. The molecule has 3 aliphatic heterocycles. The molecule has 2 aromatic rings. The second-order valence-corrected chi connectivity index (χ2v) is 9.20. The maximum absolute atomic E-state index is 13.0. The van der Waals surface area contributed by atoms with Gasteiger partial charge in [0.2, 0.25) is 11.8 Å². The molecule has 2 amide bonds. The Kier molecular flexibility index (Phi) is 6.88. The molecule has 3 aliphatic rings. The molecule has 5 rings (SSSR count). The lowest BCUT2D eigenvalue weighted by Crippen LogP contribution is -2.40. The van der Waals surface area contributed by atoms with Crippen LogP contribution in [-0.2, 0) is 16.0 Å². The van der Waals surface area contributed by atoms with E-state index in [4.69, 9.17) is 14.2 Å². The maximum Gasteiger partial charge on any atom is 0.224 e. The fourth-order valence-corrected chi connectivity index (χ4v) is 4.84. The molecule has 35 heavy (non-hydrogen) atoms. The number of nitrogens with zero attached hydrogens (tertiary/aromatic N) is 1. The molecule has 1 saturated heterocycles. The van der Waals surface area contributed by atoms with Gasteiger partial charge in [-0.05, 0) is 67.6 Å². The minimum absolute atomic E-state index is 0.0429. The average Bonchev–Trinajstić information content (AvgIpc) is 2.90. The highest BCUT2D eigenvalue weighted by molar-refractivity contribution is 5.98. The number of carbonyl (C=O) groups is 3. The molecule has 184 valence electrons. The van der Waals surface area contributed by atoms with Gasteiger partial charge in [0.25, 0.3) is 0 Å². The number of fused-ring (bicyclic) bond motifs is 2. The molecule has 8 nitrogen and oxygen atoms in total. The van der Waals surface area contributed by atoms with Crippen molar-refractivity contribution in [1.82, 2.24) is 4.90 Å². The number of ether oxygens (including phenoxy) is 3. The number of Topliss-reactive ketones (excluding diaryl/α,β-unsaturated/α-hetero) is 1. The summed E-state index contributed by atoms with van der Waals surface area (Å²) in [6.45, 7) is 2.65. The summed E-state index contributed by atoms with van der Waals surface area (Å²) in [5.74, 6) is 2.22. The number of aryl methyl sites for hydroxylation is 1. The van der Waals surface area contributed by atoms with E-state index in [-0.39, 0.29) is 23.5 Å². The molecule has 0 saturated carbocycles. The van der Waals surface area contributed by atoms with Crippen LogP contribution in [0.5, 0.6) is 17.2 Å². The highest BCUT2D eigenvalue weighted by Crippen LogP contribution is 2.33. The number of carbonyl (C=O) groups excluding carboxylic acids is 3. The number of nitrogens with one attached hydrogen (secondary N) is 1. The topological polar surface area (TPSA) is 94.2 Å². The van der Waals surface area contributed by atoms with Crippen molar-refractivity contribution in [2.75, 3.05) is 38.2 Å². The van der Waals surface area contributed by atoms with E-state index in [1.807, 2.05) is 23.1 Å². The van der Waals surface area contributed by atoms with Crippen LogP contribution in [0.15, 0.2) is 36.4 Å². The van der Waals surface area contributed by atoms with Gasteiger partial charge < -0.3 is 24.4 Å². The lowest BCUT2D eigenvalue weighted by Gasteiger charge is -2.31. The van der Waals surface area contributed by atoms with Crippen LogP contribution in [0, 0.1) is 5.92 Å². The molecule has 3 heterocycles. The number of hydrogen-bond acceptors (Lipinski definition) is 6. The summed E-state index contributed by atoms with van der Waals surface area (Å²) in [6.07, 6.45) is 3.58. The Balaban J connectivity index is 1.04. The summed E-state index contributed by atoms with van der Waals surface area (Å²) in [5, 5.41) is 2.86. The van der Waals surface area contributed by atoms with Crippen LogP contribution in [0.1, 0.15) is 48.0 Å². The highest BCUT2D eigenvalue weighted by Gasteiger charge is 2.28. The van der Waals surface area contributed by atoms with Crippen molar-refractivity contribution in [2.24, 2.45) is 5.92 Å². The first-order valence-electron chi connectivity index (χ1n) is 12.3. The van der Waals surface area contributed by atoms with Gasteiger partial charge in [0.15, 0.2) is 17.3 Å². The Morgan fingerprint density at radius 1 is 1.00 bits per heavy atom. The first-order valence-corrected chi connectivity index (χ1v) is 12.3. The fraction of sp³-hybridized carbons (Fsp3) is 0.444. The van der Waals surface area contributed by atoms with Gasteiger partial charge in [0, 0.05) is 43.1 Å². The van der Waals surface area contributed by atoms with Crippen molar-refractivity contribution < 1.29 is 28.6 Å². The average molecular weight is 479 g/mol. The van der Waals surface area contributed by atoms with Gasteiger partial charge in [-0.1, -0.05) is 0 Å². The summed E-state index contributed by atoms with van der Waals surface area (Å²) in [7, 11) is 0. The Morgan fingerprint density at radius 2 is 1.80 bits per heavy atom. The van der Waals surface area contributed by atoms with Crippen molar-refractivity contribution >= 4 is 23.3 Å². The predicted octanol–water partition coefficient (Wildman–Crippen LogP) is 3.62. The van der Waals surface area contributed by atoms with Gasteiger partial charge >= 0.3 is 0 Å². The molecule has 0 bridgehead atoms. The SMILES string of the molecule is O=C1CCc2cc(OCCCC(=O)N3CCC(C(=O)c4ccc5c(c4)OCCO5)CC3)ccc2N1. The van der Waals surface area contributed by atoms with Crippen LogP contribution in [-0.4, -0.2) is 55.4 Å². The molecule has 0 atom stereocenters. The molecule has 8 heteroatoms. The molecule has 0 radical (unpaired) electrons. The number of benzene rings is 2. The van der Waals surface area contributed by atoms with Crippen molar-refractivity contribution in [2.45, 2.75) is 38.5 Å². The molecule has 0 aliphatic carbocycles. The zero-order chi connectivity index (χ0) is 24.2. The van der Waals surface area contributed by atoms with Crippen LogP contribution in [0.25, 0.3) is 0 Å². The standard InChI is InChI=1S/C27H30N2O6/c30-25-8-4-19-16-21(5-6-22(19)28-25)33-13-1-2-26(31)29-11-9-18(10-12-29)27(32)20-3-7-23-24(17-20)35-15-14-34-23/h3,5-7,16-18H,1-2,4,8-15H2,(H,28,30). The van der Waals surface area contributed by atoms with Crippen molar-refractivity contribution in [1.29, 1.82) is 0 Å². The second kappa shape index (κ2) is 10.4. The van der Waals surface area contributed by atoms with E-state index in [2.05, 4.69) is 5.32 Å². The number of ketones is 1. The van der Waals surface area contributed by atoms with E-state index in [0.717, 1.165) is 17.0 Å². The Morgan fingerprint density at radius 3 is 2.63 bits per heavy atom. The van der Waals surface area contributed by atoms with E-state index in [0.29, 0.717) is 88.5 Å². The van der Waals surface area contributed by atoms with E-state index in [1.165, 1.54) is 0 Å². The second-order valence-electron chi connectivity index (χ2n) is 9.20. The monoisotopic (exact) mass is 478 g/mol. The number of anilines is 1. The van der Waals surface area contributed by atoms with Gasteiger partial charge in [-0.3, -0.25) is 14.4 Å². The van der Waals surface area contributed by atoms with Crippen molar-refractivity contribution in [3.63, 3.8) is 0 Å². The van der Waals surface area contributed by atoms with E-state index in [1.54, 1.807) is 18.2 Å². The summed E-state index contributed by atoms with van der Waals surface area (Å²) in [5.41, 5.74) is 2.56. The third kappa shape index (κ3) is 5.42. The predicted molar refractivity (Wildman–Crippen MR) is 129 cm³/mol. The first kappa shape index (κ1) is 23.2. The normalized spacial score (nSPS) is 17.4. The Hall–Kier alpha value is -3.55. The smallest absolute Gasteiger partial charge is 0.224 e. The van der Waals surface area contributed by atoms with Gasteiger partial charge in [-0.15, -0.1) is 0 Å². The minimum atomic E-state index is -0.0845. The zero-order valence-electron chi connectivity index (χ0n) is 19.7. The largest absolute Gasteiger partial charge is 0.494 e. The van der Waals surface area contributed by atoms with E-state index in [9.17, 15) is 14.4 Å². The van der Waals surface area contributed by atoms with Gasteiger partial charge in [0.05, 0.1) is 6.61 Å². The van der Waals surface area contributed by atoms with Crippen molar-refractivity contribution in [3.8, 4) is 17.2 Å². The lowest BCUT2D eigenvalue weighted by atomic mass is 9.88. The summed E-state index contributed by atoms with van der Waals surface area (Å²) >= 11 is 0. The Bertz CT molecular complexity index is 1120. The number of amides is 2. The van der Waals surface area contributed by atoms with Gasteiger partial charge in [0.1, 0.15) is 19.0 Å². The fourth-order valence-electron chi connectivity index (χ4n) is 4.84. The van der Waals surface area contributed by atoms with Crippen LogP contribution >= 0.6 is 0 Å². The molecule has 0 aromatic heterocycles. The van der Waals surface area contributed by atoms with Crippen LogP contribution in [0.3, 0.4) is 0 Å². The van der Waals surface area contributed by atoms with Gasteiger partial charge in [-0.25, -0.2) is 0 Å². The van der Waals surface area contributed by atoms with Crippen molar-refractivity contribution in [3.05, 3.63) is 47.5 Å². The molecule has 1 fully saturated rings. The first-order chi connectivity index (χ1) is 17.1.